The highest BCUT2D eigenvalue weighted by atomic mass is 19.1. The first-order valence-corrected chi connectivity index (χ1v) is 19.5. The number of amides is 1. The highest BCUT2D eigenvalue weighted by molar-refractivity contribution is 6.12. The van der Waals surface area contributed by atoms with Gasteiger partial charge in [0, 0.05) is 41.5 Å². The number of ether oxygens (including phenoxy) is 4. The molecule has 0 bridgehead atoms. The van der Waals surface area contributed by atoms with Crippen LogP contribution in [-0.4, -0.2) is 41.0 Å². The van der Waals surface area contributed by atoms with Gasteiger partial charge >= 0.3 is 5.97 Å². The van der Waals surface area contributed by atoms with Gasteiger partial charge in [-0.15, -0.1) is 0 Å². The summed E-state index contributed by atoms with van der Waals surface area (Å²) in [5.41, 5.74) is 5.91. The van der Waals surface area contributed by atoms with E-state index in [0.29, 0.717) is 48.6 Å². The van der Waals surface area contributed by atoms with E-state index in [1.54, 1.807) is 6.07 Å². The summed E-state index contributed by atoms with van der Waals surface area (Å²) in [5, 5.41) is 3.15. The van der Waals surface area contributed by atoms with Gasteiger partial charge in [-0.05, 0) is 67.5 Å². The van der Waals surface area contributed by atoms with E-state index in [1.807, 2.05) is 119 Å². The normalized spacial score (nSPS) is 16.5. The molecule has 56 heavy (non-hydrogen) atoms. The van der Waals surface area contributed by atoms with Gasteiger partial charge < -0.3 is 28.8 Å². The zero-order valence-electron chi connectivity index (χ0n) is 33.2. The van der Waals surface area contributed by atoms with Gasteiger partial charge in [-0.1, -0.05) is 107 Å². The van der Waals surface area contributed by atoms with Crippen LogP contribution in [-0.2, 0) is 32.2 Å². The third-order valence-corrected chi connectivity index (χ3v) is 9.68. The lowest BCUT2D eigenvalue weighted by Crippen LogP contribution is -2.45. The maximum absolute atomic E-state index is 15.2. The van der Waals surface area contributed by atoms with Crippen molar-refractivity contribution in [2.24, 2.45) is 5.92 Å². The fraction of sp³-hybridized carbons (Fsp3) is 0.362. The van der Waals surface area contributed by atoms with Crippen LogP contribution in [0.1, 0.15) is 88.3 Å². The standard InChI is InChI=1S/C47H53FN2O6/c1-31(2)29-54-41(51)28-38-27-37(55-47(5,6)56-38)24-25-50-44(32(3)4)43(46(52)49-36-20-14-9-15-21-36)42(34-18-12-8-13-19-34)45(50)39-23-22-35(48)26-40(39)53-30-33-16-10-7-11-17-33/h7-23,26,31-32,37-38H,24-25,27-30H2,1-6H3,(H,49,52)/t37-,38-/m1/s1. The molecule has 6 rings (SSSR count). The van der Waals surface area contributed by atoms with Crippen LogP contribution < -0.4 is 10.1 Å². The highest BCUT2D eigenvalue weighted by Crippen LogP contribution is 2.46. The van der Waals surface area contributed by atoms with E-state index in [0.717, 1.165) is 28.1 Å². The Bertz CT molecular complexity index is 2080. The summed E-state index contributed by atoms with van der Waals surface area (Å²) in [6, 6.07) is 33.6. The molecule has 1 aromatic heterocycles. The van der Waals surface area contributed by atoms with Crippen molar-refractivity contribution in [3.63, 3.8) is 0 Å². The molecule has 1 aliphatic rings. The number of halogens is 1. The van der Waals surface area contributed by atoms with Gasteiger partial charge in [0.1, 0.15) is 18.2 Å². The molecule has 4 aromatic carbocycles. The predicted octanol–water partition coefficient (Wildman–Crippen LogP) is 10.8. The molecule has 5 aromatic rings. The first-order chi connectivity index (χ1) is 26.9. The summed E-state index contributed by atoms with van der Waals surface area (Å²) in [4.78, 5) is 27.5. The van der Waals surface area contributed by atoms with Crippen molar-refractivity contribution in [3.05, 3.63) is 132 Å². The molecular formula is C47H53FN2O6. The maximum Gasteiger partial charge on any atom is 0.308 e. The number of carbonyl (C=O) groups is 2. The van der Waals surface area contributed by atoms with Gasteiger partial charge in [-0.2, -0.15) is 0 Å². The summed E-state index contributed by atoms with van der Waals surface area (Å²) in [7, 11) is 0. The molecule has 0 radical (unpaired) electrons. The Morgan fingerprint density at radius 3 is 2.18 bits per heavy atom. The fourth-order valence-corrected chi connectivity index (χ4v) is 7.43. The highest BCUT2D eigenvalue weighted by Gasteiger charge is 2.38. The van der Waals surface area contributed by atoms with Crippen LogP contribution in [0.3, 0.4) is 0 Å². The molecule has 294 valence electrons. The Balaban J connectivity index is 1.48. The second kappa shape index (κ2) is 18.1. The van der Waals surface area contributed by atoms with Crippen LogP contribution in [0, 0.1) is 11.7 Å². The molecule has 1 saturated heterocycles. The molecule has 0 aliphatic carbocycles. The first kappa shape index (κ1) is 40.4. The van der Waals surface area contributed by atoms with Crippen LogP contribution in [0.4, 0.5) is 10.1 Å². The number of hydrogen-bond donors (Lipinski definition) is 1. The zero-order valence-corrected chi connectivity index (χ0v) is 33.2. The number of nitrogens with one attached hydrogen (secondary N) is 1. The van der Waals surface area contributed by atoms with E-state index in [1.165, 1.54) is 12.1 Å². The lowest BCUT2D eigenvalue weighted by atomic mass is 9.94. The van der Waals surface area contributed by atoms with E-state index < -0.39 is 11.6 Å². The van der Waals surface area contributed by atoms with Crippen LogP contribution in [0.2, 0.25) is 0 Å². The van der Waals surface area contributed by atoms with Gasteiger partial charge in [-0.25, -0.2) is 4.39 Å². The zero-order chi connectivity index (χ0) is 39.8. The number of anilines is 1. The predicted molar refractivity (Wildman–Crippen MR) is 218 cm³/mol. The van der Waals surface area contributed by atoms with Crippen molar-refractivity contribution in [2.75, 3.05) is 11.9 Å². The van der Waals surface area contributed by atoms with Crippen molar-refractivity contribution in [3.8, 4) is 28.1 Å². The van der Waals surface area contributed by atoms with E-state index in [-0.39, 0.29) is 48.9 Å². The van der Waals surface area contributed by atoms with E-state index in [2.05, 4.69) is 23.7 Å². The molecule has 2 heterocycles. The molecule has 0 unspecified atom stereocenters. The van der Waals surface area contributed by atoms with Crippen molar-refractivity contribution >= 4 is 17.6 Å². The number of aromatic nitrogens is 1. The first-order valence-electron chi connectivity index (χ1n) is 19.5. The average Bonchev–Trinajstić information content (AvgIpc) is 3.51. The van der Waals surface area contributed by atoms with Crippen LogP contribution >= 0.6 is 0 Å². The number of benzene rings is 4. The lowest BCUT2D eigenvalue weighted by molar-refractivity contribution is -0.300. The van der Waals surface area contributed by atoms with Gasteiger partial charge in [-0.3, -0.25) is 9.59 Å². The molecule has 0 saturated carbocycles. The quantitative estimate of drug-likeness (QED) is 0.107. The maximum atomic E-state index is 15.2. The van der Waals surface area contributed by atoms with E-state index in [9.17, 15) is 9.59 Å². The molecule has 2 atom stereocenters. The van der Waals surface area contributed by atoms with Crippen molar-refractivity contribution in [1.82, 2.24) is 4.57 Å². The second-order valence-electron chi connectivity index (χ2n) is 15.6. The molecule has 0 spiro atoms. The number of para-hydroxylation sites is 1. The van der Waals surface area contributed by atoms with Gasteiger partial charge in [0.25, 0.3) is 5.91 Å². The number of hydrogen-bond acceptors (Lipinski definition) is 6. The summed E-state index contributed by atoms with van der Waals surface area (Å²) in [5.74, 6) is -1.43. The van der Waals surface area contributed by atoms with Crippen LogP contribution in [0.15, 0.2) is 109 Å². The molecule has 8 nitrogen and oxygen atoms in total. The SMILES string of the molecule is CC(C)COC(=O)C[C@H]1C[C@@H](CCn2c(-c3ccc(F)cc3OCc3ccccc3)c(-c3ccccc3)c(C(=O)Nc3ccccc3)c2C(C)C)OC(C)(C)O1. The minimum Gasteiger partial charge on any atom is -0.488 e. The largest absolute Gasteiger partial charge is 0.488 e. The van der Waals surface area contributed by atoms with Gasteiger partial charge in [0.2, 0.25) is 0 Å². The van der Waals surface area contributed by atoms with E-state index in [4.69, 9.17) is 18.9 Å². The minimum absolute atomic E-state index is 0.104. The second-order valence-corrected chi connectivity index (χ2v) is 15.6. The smallest absolute Gasteiger partial charge is 0.308 e. The number of carbonyl (C=O) groups excluding carboxylic acids is 2. The Hall–Kier alpha value is -5.25. The molecule has 1 N–H and O–H groups in total. The Labute approximate surface area is 329 Å². The topological polar surface area (TPSA) is 88.0 Å². The summed E-state index contributed by atoms with van der Waals surface area (Å²) < 4.78 is 42.0. The minimum atomic E-state index is -0.933. The van der Waals surface area contributed by atoms with Crippen molar-refractivity contribution < 1.29 is 32.9 Å². The molecule has 9 heteroatoms. The average molecular weight is 761 g/mol. The third-order valence-electron chi connectivity index (χ3n) is 9.68. The number of esters is 1. The van der Waals surface area contributed by atoms with Crippen LogP contribution in [0.5, 0.6) is 5.75 Å². The van der Waals surface area contributed by atoms with E-state index >= 15 is 4.39 Å². The number of rotatable bonds is 15. The van der Waals surface area contributed by atoms with Crippen molar-refractivity contribution in [1.29, 1.82) is 0 Å². The monoisotopic (exact) mass is 760 g/mol. The number of nitrogens with zero attached hydrogens (tertiary/aromatic N) is 1. The Morgan fingerprint density at radius 1 is 0.875 bits per heavy atom. The summed E-state index contributed by atoms with van der Waals surface area (Å²) >= 11 is 0. The Morgan fingerprint density at radius 2 is 1.52 bits per heavy atom. The molecule has 1 amide bonds. The lowest BCUT2D eigenvalue weighted by Gasteiger charge is -2.41. The van der Waals surface area contributed by atoms with Crippen LogP contribution in [0.25, 0.3) is 22.4 Å². The molecular weight excluding hydrogens is 708 g/mol. The Kier molecular flexibility index (Phi) is 13.1. The third kappa shape index (κ3) is 10.1. The molecule has 1 aliphatic heterocycles. The summed E-state index contributed by atoms with van der Waals surface area (Å²) in [6.07, 6.45) is 0.492. The fourth-order valence-electron chi connectivity index (χ4n) is 7.43. The van der Waals surface area contributed by atoms with Gasteiger partial charge in [0.15, 0.2) is 5.79 Å². The molecule has 1 fully saturated rings. The van der Waals surface area contributed by atoms with Gasteiger partial charge in [0.05, 0.1) is 36.5 Å². The summed E-state index contributed by atoms with van der Waals surface area (Å²) in [6.45, 7) is 12.9. The van der Waals surface area contributed by atoms with Crippen molar-refractivity contribution in [2.45, 2.75) is 97.9 Å².